The van der Waals surface area contributed by atoms with Crippen molar-refractivity contribution >= 4 is 0 Å². The Morgan fingerprint density at radius 2 is 2.21 bits per heavy atom. The lowest BCUT2D eigenvalue weighted by molar-refractivity contribution is 0.276. The molecular formula is C10H9N3O. The minimum absolute atomic E-state index is 0.0736. The highest BCUT2D eigenvalue weighted by Gasteiger charge is 2.00. The van der Waals surface area contributed by atoms with E-state index in [1.54, 1.807) is 18.5 Å². The van der Waals surface area contributed by atoms with Crippen molar-refractivity contribution < 1.29 is 5.11 Å². The number of aliphatic hydroxyl groups excluding tert-OH is 1. The first-order valence-corrected chi connectivity index (χ1v) is 4.22. The van der Waals surface area contributed by atoms with Gasteiger partial charge in [0.1, 0.15) is 6.33 Å². The van der Waals surface area contributed by atoms with Crippen molar-refractivity contribution in [3.8, 4) is 11.3 Å². The van der Waals surface area contributed by atoms with Crippen LogP contribution in [0.25, 0.3) is 11.3 Å². The molecule has 0 aliphatic rings. The van der Waals surface area contributed by atoms with Crippen molar-refractivity contribution in [3.05, 3.63) is 42.6 Å². The molecule has 0 aromatic carbocycles. The number of hydrogen-bond acceptors (Lipinski definition) is 4. The van der Waals surface area contributed by atoms with E-state index >= 15 is 0 Å². The number of aromatic nitrogens is 3. The van der Waals surface area contributed by atoms with Crippen molar-refractivity contribution in [2.75, 3.05) is 0 Å². The maximum absolute atomic E-state index is 8.90. The topological polar surface area (TPSA) is 58.9 Å². The van der Waals surface area contributed by atoms with Crippen LogP contribution in [-0.4, -0.2) is 20.1 Å². The Hall–Kier alpha value is -1.81. The summed E-state index contributed by atoms with van der Waals surface area (Å²) in [6, 6.07) is 5.50. The highest BCUT2D eigenvalue weighted by atomic mass is 16.3. The van der Waals surface area contributed by atoms with Crippen LogP contribution in [0.4, 0.5) is 0 Å². The summed E-state index contributed by atoms with van der Waals surface area (Å²) in [5.74, 6) is 0. The molecule has 0 spiro atoms. The minimum atomic E-state index is -0.0736. The van der Waals surface area contributed by atoms with Gasteiger partial charge in [-0.2, -0.15) is 0 Å². The molecule has 2 heterocycles. The molecule has 0 amide bonds. The van der Waals surface area contributed by atoms with Gasteiger partial charge in [-0.3, -0.25) is 4.98 Å². The van der Waals surface area contributed by atoms with Crippen LogP contribution in [0.2, 0.25) is 0 Å². The molecule has 0 radical (unpaired) electrons. The van der Waals surface area contributed by atoms with Crippen molar-refractivity contribution in [2.45, 2.75) is 6.61 Å². The second kappa shape index (κ2) is 3.93. The van der Waals surface area contributed by atoms with Gasteiger partial charge in [0, 0.05) is 18.0 Å². The molecule has 2 aromatic heterocycles. The van der Waals surface area contributed by atoms with Crippen LogP contribution >= 0.6 is 0 Å². The fraction of sp³-hybridized carbons (Fsp3) is 0.100. The molecule has 4 nitrogen and oxygen atoms in total. The smallest absolute Gasteiger partial charge is 0.116 e. The van der Waals surface area contributed by atoms with Gasteiger partial charge < -0.3 is 5.11 Å². The van der Waals surface area contributed by atoms with Crippen LogP contribution in [0.5, 0.6) is 0 Å². The summed E-state index contributed by atoms with van der Waals surface area (Å²) in [5, 5.41) is 8.90. The number of aliphatic hydroxyl groups is 1. The molecule has 0 saturated heterocycles. The van der Waals surface area contributed by atoms with Crippen molar-refractivity contribution in [1.82, 2.24) is 15.0 Å². The zero-order valence-electron chi connectivity index (χ0n) is 7.46. The first-order chi connectivity index (χ1) is 6.90. The predicted octanol–water partition coefficient (Wildman–Crippen LogP) is 1.03. The summed E-state index contributed by atoms with van der Waals surface area (Å²) in [7, 11) is 0. The van der Waals surface area contributed by atoms with E-state index in [0.717, 1.165) is 11.3 Å². The van der Waals surface area contributed by atoms with Crippen molar-refractivity contribution in [1.29, 1.82) is 0 Å². The van der Waals surface area contributed by atoms with E-state index in [9.17, 15) is 0 Å². The molecule has 14 heavy (non-hydrogen) atoms. The molecule has 0 fully saturated rings. The Labute approximate surface area is 81.3 Å². The standard InChI is InChI=1S/C10H9N3O/c14-6-9-4-10(13-7-12-9)8-2-1-3-11-5-8/h1-5,7,14H,6H2. The molecule has 4 heteroatoms. The van der Waals surface area contributed by atoms with E-state index in [1.807, 2.05) is 12.1 Å². The fourth-order valence-corrected chi connectivity index (χ4v) is 1.16. The van der Waals surface area contributed by atoms with Gasteiger partial charge in [0.25, 0.3) is 0 Å². The Balaban J connectivity index is 2.42. The van der Waals surface area contributed by atoms with Crippen LogP contribution < -0.4 is 0 Å². The van der Waals surface area contributed by atoms with Gasteiger partial charge in [0.2, 0.25) is 0 Å². The third-order valence-electron chi connectivity index (χ3n) is 1.84. The first kappa shape index (κ1) is 8.77. The van der Waals surface area contributed by atoms with Crippen LogP contribution in [0.1, 0.15) is 5.69 Å². The quantitative estimate of drug-likeness (QED) is 0.762. The summed E-state index contributed by atoms with van der Waals surface area (Å²) in [6.07, 6.45) is 4.87. The molecule has 0 aliphatic carbocycles. The second-order valence-electron chi connectivity index (χ2n) is 2.79. The van der Waals surface area contributed by atoms with Gasteiger partial charge in [-0.1, -0.05) is 0 Å². The zero-order valence-corrected chi connectivity index (χ0v) is 7.46. The Morgan fingerprint density at radius 3 is 2.93 bits per heavy atom. The maximum Gasteiger partial charge on any atom is 0.116 e. The molecule has 70 valence electrons. The van der Waals surface area contributed by atoms with Crippen LogP contribution in [-0.2, 0) is 6.61 Å². The van der Waals surface area contributed by atoms with Crippen LogP contribution in [0.3, 0.4) is 0 Å². The third-order valence-corrected chi connectivity index (χ3v) is 1.84. The van der Waals surface area contributed by atoms with Crippen molar-refractivity contribution in [3.63, 3.8) is 0 Å². The van der Waals surface area contributed by atoms with E-state index < -0.39 is 0 Å². The number of hydrogen-bond donors (Lipinski definition) is 1. The summed E-state index contributed by atoms with van der Waals surface area (Å²) < 4.78 is 0. The fourth-order valence-electron chi connectivity index (χ4n) is 1.16. The van der Waals surface area contributed by atoms with E-state index in [1.165, 1.54) is 6.33 Å². The second-order valence-corrected chi connectivity index (χ2v) is 2.79. The minimum Gasteiger partial charge on any atom is -0.390 e. The lowest BCUT2D eigenvalue weighted by Crippen LogP contribution is -1.92. The Bertz CT molecular complexity index is 417. The number of pyridine rings is 1. The lowest BCUT2D eigenvalue weighted by Gasteiger charge is -2.00. The molecule has 0 bridgehead atoms. The summed E-state index contributed by atoms with van der Waals surface area (Å²) in [5.41, 5.74) is 2.31. The molecule has 2 aromatic rings. The molecular weight excluding hydrogens is 178 g/mol. The molecule has 2 rings (SSSR count). The van der Waals surface area contributed by atoms with E-state index in [2.05, 4.69) is 15.0 Å². The van der Waals surface area contributed by atoms with Gasteiger partial charge in [-0.15, -0.1) is 0 Å². The van der Waals surface area contributed by atoms with Crippen molar-refractivity contribution in [2.24, 2.45) is 0 Å². The summed E-state index contributed by atoms with van der Waals surface area (Å²) >= 11 is 0. The summed E-state index contributed by atoms with van der Waals surface area (Å²) in [6.45, 7) is -0.0736. The SMILES string of the molecule is OCc1cc(-c2cccnc2)ncn1. The highest BCUT2D eigenvalue weighted by Crippen LogP contribution is 2.14. The van der Waals surface area contributed by atoms with Gasteiger partial charge in [-0.25, -0.2) is 9.97 Å². The molecule has 1 N–H and O–H groups in total. The average molecular weight is 187 g/mol. The van der Waals surface area contributed by atoms with E-state index in [-0.39, 0.29) is 6.61 Å². The predicted molar refractivity (Wildman–Crippen MR) is 51.2 cm³/mol. The average Bonchev–Trinajstić information content (AvgIpc) is 2.30. The first-order valence-electron chi connectivity index (χ1n) is 4.22. The lowest BCUT2D eigenvalue weighted by atomic mass is 10.2. The van der Waals surface area contributed by atoms with Gasteiger partial charge in [-0.05, 0) is 18.2 Å². The number of rotatable bonds is 2. The Morgan fingerprint density at radius 1 is 1.29 bits per heavy atom. The monoisotopic (exact) mass is 187 g/mol. The zero-order chi connectivity index (χ0) is 9.80. The van der Waals surface area contributed by atoms with Gasteiger partial charge in [0.05, 0.1) is 18.0 Å². The molecule has 0 aliphatic heterocycles. The van der Waals surface area contributed by atoms with Gasteiger partial charge >= 0.3 is 0 Å². The molecule has 0 unspecified atom stereocenters. The van der Waals surface area contributed by atoms with E-state index in [4.69, 9.17) is 5.11 Å². The van der Waals surface area contributed by atoms with E-state index in [0.29, 0.717) is 5.69 Å². The maximum atomic E-state index is 8.90. The normalized spacial score (nSPS) is 10.1. The van der Waals surface area contributed by atoms with Gasteiger partial charge in [0.15, 0.2) is 0 Å². The van der Waals surface area contributed by atoms with Crippen LogP contribution in [0, 0.1) is 0 Å². The third kappa shape index (κ3) is 1.75. The molecule has 0 atom stereocenters. The summed E-state index contributed by atoms with van der Waals surface area (Å²) in [4.78, 5) is 12.0. The van der Waals surface area contributed by atoms with Crippen LogP contribution in [0.15, 0.2) is 36.9 Å². The Kier molecular flexibility index (Phi) is 2.46. The largest absolute Gasteiger partial charge is 0.390 e. The highest BCUT2D eigenvalue weighted by molar-refractivity contribution is 5.57. The number of nitrogens with zero attached hydrogens (tertiary/aromatic N) is 3. The molecule has 0 saturated carbocycles.